The molecule has 1 aromatic carbocycles. The zero-order valence-electron chi connectivity index (χ0n) is 11.3. The summed E-state index contributed by atoms with van der Waals surface area (Å²) in [5.41, 5.74) is 1.39. The van der Waals surface area contributed by atoms with E-state index in [2.05, 4.69) is 24.3 Å². The molecule has 0 radical (unpaired) electrons. The van der Waals surface area contributed by atoms with E-state index >= 15 is 0 Å². The van der Waals surface area contributed by atoms with E-state index in [1.54, 1.807) is 6.92 Å². The van der Waals surface area contributed by atoms with Gasteiger partial charge in [-0.05, 0) is 24.8 Å². The number of sulfone groups is 1. The Morgan fingerprint density at radius 1 is 0.889 bits per heavy atom. The van der Waals surface area contributed by atoms with E-state index < -0.39 is 9.84 Å². The standard InChI is InChI=1S/C15H24O2S/c1-2-18(16,17)14-10-5-3-4-7-11-15-12-8-6-9-13-15/h6,8-9,12-13H,2-5,7,10-11,14H2,1H3. The molecule has 0 aliphatic carbocycles. The summed E-state index contributed by atoms with van der Waals surface area (Å²) in [6.45, 7) is 1.72. The molecule has 2 nitrogen and oxygen atoms in total. The molecule has 0 bridgehead atoms. The highest BCUT2D eigenvalue weighted by molar-refractivity contribution is 7.91. The van der Waals surface area contributed by atoms with Crippen LogP contribution in [0, 0.1) is 0 Å². The van der Waals surface area contributed by atoms with E-state index in [0.29, 0.717) is 5.75 Å². The number of benzene rings is 1. The Labute approximate surface area is 111 Å². The first-order valence-electron chi connectivity index (χ1n) is 6.88. The third kappa shape index (κ3) is 6.80. The topological polar surface area (TPSA) is 34.1 Å². The maximum atomic E-state index is 11.3. The summed E-state index contributed by atoms with van der Waals surface area (Å²) in [6.07, 6.45) is 6.53. The van der Waals surface area contributed by atoms with Crippen molar-refractivity contribution in [1.29, 1.82) is 0 Å². The summed E-state index contributed by atoms with van der Waals surface area (Å²) in [4.78, 5) is 0. The van der Waals surface area contributed by atoms with Crippen molar-refractivity contribution in [2.75, 3.05) is 11.5 Å². The fourth-order valence-electron chi connectivity index (χ4n) is 1.97. The second-order valence-electron chi connectivity index (χ2n) is 4.74. The zero-order chi connectivity index (χ0) is 13.3. The molecule has 0 spiro atoms. The predicted molar refractivity (Wildman–Crippen MR) is 77.6 cm³/mol. The average molecular weight is 268 g/mol. The highest BCUT2D eigenvalue weighted by Gasteiger charge is 2.05. The molecule has 102 valence electrons. The summed E-state index contributed by atoms with van der Waals surface area (Å²) in [7, 11) is -2.76. The molecule has 0 atom stereocenters. The van der Waals surface area contributed by atoms with Crippen molar-refractivity contribution in [3.63, 3.8) is 0 Å². The van der Waals surface area contributed by atoms with Crippen molar-refractivity contribution in [1.82, 2.24) is 0 Å². The molecule has 0 aromatic heterocycles. The smallest absolute Gasteiger partial charge is 0.150 e. The molecular formula is C15H24O2S. The maximum absolute atomic E-state index is 11.3. The molecule has 0 fully saturated rings. The molecule has 1 rings (SSSR count). The normalized spacial score (nSPS) is 11.6. The van der Waals surface area contributed by atoms with Gasteiger partial charge in [-0.2, -0.15) is 0 Å². The summed E-state index contributed by atoms with van der Waals surface area (Å²) in [5, 5.41) is 0. The van der Waals surface area contributed by atoms with Crippen molar-refractivity contribution < 1.29 is 8.42 Å². The summed E-state index contributed by atoms with van der Waals surface area (Å²) in [6, 6.07) is 10.5. The molecule has 0 heterocycles. The second kappa shape index (κ2) is 8.30. The van der Waals surface area contributed by atoms with Gasteiger partial charge in [-0.15, -0.1) is 0 Å². The highest BCUT2D eigenvalue weighted by Crippen LogP contribution is 2.09. The monoisotopic (exact) mass is 268 g/mol. The summed E-state index contributed by atoms with van der Waals surface area (Å²) < 4.78 is 22.5. The van der Waals surface area contributed by atoms with Crippen LogP contribution in [0.1, 0.15) is 44.6 Å². The van der Waals surface area contributed by atoms with E-state index in [1.165, 1.54) is 18.4 Å². The molecule has 0 unspecified atom stereocenters. The van der Waals surface area contributed by atoms with Crippen LogP contribution in [0.25, 0.3) is 0 Å². The Bertz CT molecular complexity index is 409. The molecule has 0 saturated carbocycles. The lowest BCUT2D eigenvalue weighted by atomic mass is 10.1. The Balaban J connectivity index is 2.00. The molecule has 0 aliphatic heterocycles. The van der Waals surface area contributed by atoms with Crippen LogP contribution in [0.5, 0.6) is 0 Å². The number of aryl methyl sites for hydroxylation is 1. The largest absolute Gasteiger partial charge is 0.229 e. The van der Waals surface area contributed by atoms with Gasteiger partial charge in [-0.3, -0.25) is 0 Å². The minimum absolute atomic E-state index is 0.279. The predicted octanol–water partition coefficient (Wildman–Crippen LogP) is 3.61. The third-order valence-corrected chi connectivity index (χ3v) is 4.99. The molecule has 1 aromatic rings. The van der Waals surface area contributed by atoms with E-state index in [9.17, 15) is 8.42 Å². The van der Waals surface area contributed by atoms with E-state index in [-0.39, 0.29) is 5.75 Å². The van der Waals surface area contributed by atoms with E-state index in [0.717, 1.165) is 25.7 Å². The van der Waals surface area contributed by atoms with Crippen molar-refractivity contribution in [3.05, 3.63) is 35.9 Å². The van der Waals surface area contributed by atoms with Crippen LogP contribution >= 0.6 is 0 Å². The minimum atomic E-state index is -2.76. The van der Waals surface area contributed by atoms with Crippen LogP contribution in [0.2, 0.25) is 0 Å². The van der Waals surface area contributed by atoms with Crippen LogP contribution < -0.4 is 0 Å². The maximum Gasteiger partial charge on any atom is 0.150 e. The zero-order valence-corrected chi connectivity index (χ0v) is 12.1. The molecular weight excluding hydrogens is 244 g/mol. The Morgan fingerprint density at radius 3 is 2.17 bits per heavy atom. The molecule has 0 N–H and O–H groups in total. The van der Waals surface area contributed by atoms with Gasteiger partial charge in [0, 0.05) is 5.75 Å². The second-order valence-corrected chi connectivity index (χ2v) is 7.21. The lowest BCUT2D eigenvalue weighted by Gasteiger charge is -2.03. The van der Waals surface area contributed by atoms with Gasteiger partial charge < -0.3 is 0 Å². The highest BCUT2D eigenvalue weighted by atomic mass is 32.2. The van der Waals surface area contributed by atoms with Gasteiger partial charge >= 0.3 is 0 Å². The van der Waals surface area contributed by atoms with Crippen molar-refractivity contribution in [2.24, 2.45) is 0 Å². The van der Waals surface area contributed by atoms with Gasteiger partial charge in [0.15, 0.2) is 0 Å². The van der Waals surface area contributed by atoms with Crippen LogP contribution in [0.3, 0.4) is 0 Å². The van der Waals surface area contributed by atoms with Crippen LogP contribution in [-0.4, -0.2) is 19.9 Å². The van der Waals surface area contributed by atoms with Crippen molar-refractivity contribution in [2.45, 2.75) is 45.4 Å². The average Bonchev–Trinajstić information content (AvgIpc) is 2.39. The number of rotatable bonds is 9. The summed E-state index contributed by atoms with van der Waals surface area (Å²) in [5.74, 6) is 0.642. The van der Waals surface area contributed by atoms with Gasteiger partial charge in [0.2, 0.25) is 0 Å². The molecule has 0 saturated heterocycles. The molecule has 3 heteroatoms. The van der Waals surface area contributed by atoms with Crippen LogP contribution in [0.4, 0.5) is 0 Å². The quantitative estimate of drug-likeness (QED) is 0.641. The SMILES string of the molecule is CCS(=O)(=O)CCCCCCCc1ccccc1. The van der Waals surface area contributed by atoms with E-state index in [4.69, 9.17) is 0 Å². The van der Waals surface area contributed by atoms with Gasteiger partial charge in [0.05, 0.1) is 5.75 Å². The van der Waals surface area contributed by atoms with Crippen LogP contribution in [0.15, 0.2) is 30.3 Å². The van der Waals surface area contributed by atoms with Crippen molar-refractivity contribution >= 4 is 9.84 Å². The van der Waals surface area contributed by atoms with Gasteiger partial charge in [-0.25, -0.2) is 8.42 Å². The van der Waals surface area contributed by atoms with E-state index in [1.807, 2.05) is 6.07 Å². The Kier molecular flexibility index (Phi) is 7.02. The molecule has 0 aliphatic rings. The lowest BCUT2D eigenvalue weighted by molar-refractivity contribution is 0.585. The van der Waals surface area contributed by atoms with Crippen molar-refractivity contribution in [3.8, 4) is 0 Å². The van der Waals surface area contributed by atoms with Gasteiger partial charge in [-0.1, -0.05) is 56.5 Å². The first-order valence-corrected chi connectivity index (χ1v) is 8.70. The first kappa shape index (κ1) is 15.2. The fraction of sp³-hybridized carbons (Fsp3) is 0.600. The third-order valence-electron chi connectivity index (χ3n) is 3.20. The minimum Gasteiger partial charge on any atom is -0.229 e. The Hall–Kier alpha value is -0.830. The van der Waals surface area contributed by atoms with Gasteiger partial charge in [0.25, 0.3) is 0 Å². The Morgan fingerprint density at radius 2 is 1.50 bits per heavy atom. The fourth-order valence-corrected chi connectivity index (χ4v) is 2.90. The number of hydrogen-bond donors (Lipinski definition) is 0. The lowest BCUT2D eigenvalue weighted by Crippen LogP contribution is -2.08. The number of hydrogen-bond acceptors (Lipinski definition) is 2. The molecule has 0 amide bonds. The van der Waals surface area contributed by atoms with Crippen LogP contribution in [-0.2, 0) is 16.3 Å². The number of unbranched alkanes of at least 4 members (excludes halogenated alkanes) is 4. The summed E-state index contributed by atoms with van der Waals surface area (Å²) >= 11 is 0. The molecule has 18 heavy (non-hydrogen) atoms. The first-order chi connectivity index (χ1) is 8.64. The van der Waals surface area contributed by atoms with Gasteiger partial charge in [0.1, 0.15) is 9.84 Å².